The maximum absolute atomic E-state index is 12.7. The third-order valence-electron chi connectivity index (χ3n) is 4.27. The van der Waals surface area contributed by atoms with Crippen LogP contribution in [-0.2, 0) is 0 Å². The Morgan fingerprint density at radius 3 is 2.70 bits per heavy atom. The maximum Gasteiger partial charge on any atom is 0.265 e. The molecule has 0 bridgehead atoms. The number of hydrogen-bond donors (Lipinski definition) is 2. The summed E-state index contributed by atoms with van der Waals surface area (Å²) in [4.78, 5) is 20.6. The Hall–Kier alpha value is -3.34. The number of nitrogens with zero attached hydrogens (tertiary/aromatic N) is 2. The van der Waals surface area contributed by atoms with Crippen molar-refractivity contribution in [2.24, 2.45) is 0 Å². The Morgan fingerprint density at radius 2 is 1.78 bits per heavy atom. The highest BCUT2D eigenvalue weighted by Crippen LogP contribution is 2.28. The van der Waals surface area contributed by atoms with Gasteiger partial charge in [-0.25, -0.2) is 4.98 Å². The molecule has 0 saturated heterocycles. The summed E-state index contributed by atoms with van der Waals surface area (Å²) in [5, 5.41) is 12.5. The van der Waals surface area contributed by atoms with Crippen LogP contribution in [-0.4, -0.2) is 19.5 Å². The molecule has 5 aromatic rings. The Balaban J connectivity index is 2.10. The van der Waals surface area contributed by atoms with Gasteiger partial charge in [-0.3, -0.25) is 9.20 Å². The number of fused-ring (bicyclic) bond motifs is 6. The number of rotatable bonds is 0. The predicted octanol–water partition coefficient (Wildman–Crippen LogP) is 3.19. The third-order valence-corrected chi connectivity index (χ3v) is 4.27. The maximum atomic E-state index is 12.7. The highest BCUT2D eigenvalue weighted by atomic mass is 16.3. The van der Waals surface area contributed by atoms with E-state index < -0.39 is 0 Å². The van der Waals surface area contributed by atoms with Gasteiger partial charge in [0.25, 0.3) is 5.56 Å². The fourth-order valence-electron chi connectivity index (χ4n) is 3.18. The molecular weight excluding hydrogens is 290 g/mol. The summed E-state index contributed by atoms with van der Waals surface area (Å²) in [7, 11) is 0. The molecule has 0 radical (unpaired) electrons. The Morgan fingerprint density at radius 1 is 0.957 bits per heavy atom. The fourth-order valence-corrected chi connectivity index (χ4v) is 3.18. The summed E-state index contributed by atoms with van der Waals surface area (Å²) in [6.45, 7) is 0. The number of pyridine rings is 1. The first-order valence-corrected chi connectivity index (χ1v) is 7.27. The van der Waals surface area contributed by atoms with Crippen molar-refractivity contribution < 1.29 is 5.11 Å². The van der Waals surface area contributed by atoms with E-state index in [1.54, 1.807) is 18.3 Å². The molecule has 5 heteroatoms. The number of benzene rings is 2. The molecule has 5 rings (SSSR count). The summed E-state index contributed by atoms with van der Waals surface area (Å²) in [6.07, 6.45) is 1.73. The van der Waals surface area contributed by atoms with Crippen LogP contribution in [0.3, 0.4) is 0 Å². The van der Waals surface area contributed by atoms with Gasteiger partial charge in [-0.1, -0.05) is 24.3 Å². The number of phenols is 1. The van der Waals surface area contributed by atoms with Gasteiger partial charge in [0, 0.05) is 22.5 Å². The van der Waals surface area contributed by atoms with Crippen LogP contribution in [0.2, 0.25) is 0 Å². The number of aromatic nitrogens is 3. The second-order valence-electron chi connectivity index (χ2n) is 5.56. The van der Waals surface area contributed by atoms with Crippen LogP contribution in [0.15, 0.2) is 59.5 Å². The summed E-state index contributed by atoms with van der Waals surface area (Å²) < 4.78 is 1.51. The minimum Gasteiger partial charge on any atom is -0.506 e. The van der Waals surface area contributed by atoms with Gasteiger partial charge in [0.15, 0.2) is 5.65 Å². The standard InChI is InChI=1S/C18H11N3O2/c22-14-7-3-5-12-15(14)20-17-16-11(8-9-21(17)18(12)23)10-4-1-2-6-13(10)19-16/h1-9,19,22H. The number of aromatic amines is 1. The van der Waals surface area contributed by atoms with Crippen molar-refractivity contribution in [1.82, 2.24) is 14.4 Å². The van der Waals surface area contributed by atoms with E-state index >= 15 is 0 Å². The minimum atomic E-state index is -0.193. The van der Waals surface area contributed by atoms with Gasteiger partial charge < -0.3 is 10.1 Å². The van der Waals surface area contributed by atoms with Gasteiger partial charge in [-0.05, 0) is 24.3 Å². The number of phenolic OH excluding ortho intramolecular Hbond substituents is 1. The first kappa shape index (κ1) is 12.2. The lowest BCUT2D eigenvalue weighted by molar-refractivity contribution is 0.480. The van der Waals surface area contributed by atoms with E-state index in [9.17, 15) is 9.90 Å². The summed E-state index contributed by atoms with van der Waals surface area (Å²) in [5.74, 6) is 0.00946. The molecule has 2 N–H and O–H groups in total. The van der Waals surface area contributed by atoms with Gasteiger partial charge >= 0.3 is 0 Å². The number of H-pyrrole nitrogens is 1. The van der Waals surface area contributed by atoms with E-state index in [1.165, 1.54) is 10.5 Å². The molecule has 0 aliphatic carbocycles. The molecule has 0 aliphatic rings. The van der Waals surface area contributed by atoms with Crippen LogP contribution < -0.4 is 5.56 Å². The lowest BCUT2D eigenvalue weighted by atomic mass is 10.2. The molecule has 2 aromatic carbocycles. The molecule has 5 nitrogen and oxygen atoms in total. The van der Waals surface area contributed by atoms with Crippen LogP contribution in [0.4, 0.5) is 0 Å². The zero-order chi connectivity index (χ0) is 15.6. The summed E-state index contributed by atoms with van der Waals surface area (Å²) in [5.41, 5.74) is 2.42. The normalized spacial score (nSPS) is 11.8. The monoisotopic (exact) mass is 301 g/mol. The van der Waals surface area contributed by atoms with E-state index in [0.717, 1.165) is 21.8 Å². The van der Waals surface area contributed by atoms with Gasteiger partial charge in [0.05, 0.1) is 10.9 Å². The number of nitrogens with one attached hydrogen (secondary N) is 1. The second kappa shape index (κ2) is 4.10. The molecule has 0 spiro atoms. The molecule has 3 aromatic heterocycles. The van der Waals surface area contributed by atoms with Crippen LogP contribution in [0.25, 0.3) is 38.4 Å². The first-order valence-electron chi connectivity index (χ1n) is 7.27. The SMILES string of the molecule is O=c1c2cccc(O)c2nc2c3[nH]c4ccccc4c3ccn12. The molecule has 0 amide bonds. The zero-order valence-electron chi connectivity index (χ0n) is 11.9. The highest BCUT2D eigenvalue weighted by molar-refractivity contribution is 6.11. The first-order chi connectivity index (χ1) is 11.2. The fraction of sp³-hybridized carbons (Fsp3) is 0. The van der Waals surface area contributed by atoms with Crippen molar-refractivity contribution in [3.63, 3.8) is 0 Å². The van der Waals surface area contributed by atoms with E-state index in [1.807, 2.05) is 30.3 Å². The topological polar surface area (TPSA) is 70.4 Å². The average Bonchev–Trinajstić information content (AvgIpc) is 2.95. The van der Waals surface area contributed by atoms with E-state index in [-0.39, 0.29) is 11.3 Å². The van der Waals surface area contributed by atoms with Crippen LogP contribution in [0.1, 0.15) is 0 Å². The van der Waals surface area contributed by atoms with Crippen molar-refractivity contribution in [3.05, 3.63) is 65.1 Å². The third kappa shape index (κ3) is 1.51. The average molecular weight is 301 g/mol. The molecule has 0 unspecified atom stereocenters. The quantitative estimate of drug-likeness (QED) is 0.432. The van der Waals surface area contributed by atoms with Crippen molar-refractivity contribution in [2.75, 3.05) is 0 Å². The Labute approximate surface area is 129 Å². The second-order valence-corrected chi connectivity index (χ2v) is 5.56. The number of para-hydroxylation sites is 2. The predicted molar refractivity (Wildman–Crippen MR) is 90.0 cm³/mol. The molecule has 0 aliphatic heterocycles. The molecule has 110 valence electrons. The van der Waals surface area contributed by atoms with Crippen LogP contribution >= 0.6 is 0 Å². The van der Waals surface area contributed by atoms with E-state index in [0.29, 0.717) is 16.6 Å². The van der Waals surface area contributed by atoms with Crippen LogP contribution in [0.5, 0.6) is 5.75 Å². The molecular formula is C18H11N3O2. The van der Waals surface area contributed by atoms with Crippen LogP contribution in [0, 0.1) is 0 Å². The molecule has 23 heavy (non-hydrogen) atoms. The van der Waals surface area contributed by atoms with Crippen molar-refractivity contribution in [2.45, 2.75) is 0 Å². The van der Waals surface area contributed by atoms with Crippen molar-refractivity contribution >= 4 is 38.4 Å². The summed E-state index contributed by atoms with van der Waals surface area (Å²) in [6, 6.07) is 14.7. The molecule has 0 atom stereocenters. The zero-order valence-corrected chi connectivity index (χ0v) is 11.9. The van der Waals surface area contributed by atoms with Crippen molar-refractivity contribution in [3.8, 4) is 5.75 Å². The van der Waals surface area contributed by atoms with Gasteiger partial charge in [0.2, 0.25) is 0 Å². The van der Waals surface area contributed by atoms with Gasteiger partial charge in [-0.2, -0.15) is 0 Å². The van der Waals surface area contributed by atoms with E-state index in [4.69, 9.17) is 0 Å². The minimum absolute atomic E-state index is 0.00946. The smallest absolute Gasteiger partial charge is 0.265 e. The molecule has 0 fully saturated rings. The van der Waals surface area contributed by atoms with Gasteiger partial charge in [-0.15, -0.1) is 0 Å². The molecule has 0 saturated carbocycles. The number of hydrogen-bond acceptors (Lipinski definition) is 3. The Kier molecular flexibility index (Phi) is 2.18. The van der Waals surface area contributed by atoms with E-state index in [2.05, 4.69) is 9.97 Å². The lowest BCUT2D eigenvalue weighted by Crippen LogP contribution is -2.15. The van der Waals surface area contributed by atoms with Crippen molar-refractivity contribution in [1.29, 1.82) is 0 Å². The lowest BCUT2D eigenvalue weighted by Gasteiger charge is -2.05. The molecule has 3 heterocycles. The van der Waals surface area contributed by atoms with Gasteiger partial charge in [0.1, 0.15) is 11.3 Å². The Bertz CT molecular complexity index is 1300. The number of aromatic hydroxyl groups is 1. The summed E-state index contributed by atoms with van der Waals surface area (Å²) >= 11 is 0. The highest BCUT2D eigenvalue weighted by Gasteiger charge is 2.13. The largest absolute Gasteiger partial charge is 0.506 e.